The van der Waals surface area contributed by atoms with Gasteiger partial charge in [-0.15, -0.1) is 0 Å². The number of likely N-dealkylation sites (tertiary alicyclic amines) is 1. The fourth-order valence-electron chi connectivity index (χ4n) is 3.86. The van der Waals surface area contributed by atoms with Crippen LogP contribution in [0, 0.1) is 0 Å². The monoisotopic (exact) mass is 356 g/mol. The number of amides is 4. The lowest BCUT2D eigenvalue weighted by Crippen LogP contribution is -2.58. The number of benzene rings is 1. The van der Waals surface area contributed by atoms with Gasteiger partial charge in [0.25, 0.3) is 5.91 Å². The van der Waals surface area contributed by atoms with E-state index in [9.17, 15) is 14.4 Å². The minimum absolute atomic E-state index is 0.193. The van der Waals surface area contributed by atoms with Crippen molar-refractivity contribution in [2.75, 3.05) is 19.6 Å². The van der Waals surface area contributed by atoms with Gasteiger partial charge in [0.1, 0.15) is 12.1 Å². The molecule has 1 spiro atoms. The minimum atomic E-state index is -0.899. The maximum Gasteiger partial charge on any atom is 0.325 e. The van der Waals surface area contributed by atoms with Crippen LogP contribution in [0.2, 0.25) is 0 Å². The van der Waals surface area contributed by atoms with Crippen LogP contribution in [0.4, 0.5) is 4.79 Å². The van der Waals surface area contributed by atoms with E-state index in [-0.39, 0.29) is 24.4 Å². The summed E-state index contributed by atoms with van der Waals surface area (Å²) in [5.41, 5.74) is 0.284. The average molecular weight is 356 g/mol. The summed E-state index contributed by atoms with van der Waals surface area (Å²) in [6, 6.07) is 9.85. The lowest BCUT2D eigenvalue weighted by atomic mass is 9.88. The van der Waals surface area contributed by atoms with E-state index in [1.807, 2.05) is 18.2 Å². The number of carbonyl (C=O) groups excluding carboxylic acids is 3. The molecule has 2 heterocycles. The van der Waals surface area contributed by atoms with Crippen molar-refractivity contribution in [2.45, 2.75) is 43.8 Å². The molecule has 1 unspecified atom stereocenters. The molecule has 1 aromatic carbocycles. The molecule has 138 valence electrons. The quantitative estimate of drug-likeness (QED) is 0.767. The zero-order valence-electron chi connectivity index (χ0n) is 14.7. The maximum absolute atomic E-state index is 13.0. The molecule has 1 atom stereocenters. The second-order valence-electron chi connectivity index (χ2n) is 7.55. The van der Waals surface area contributed by atoms with E-state index >= 15 is 0 Å². The standard InChI is InChI=1S/C19H24N4O3/c24-16(20-15-7-8-15)12-23-17(25)19(21-18(23)26)9-4-10-22(13-19)11-14-5-2-1-3-6-14/h1-3,5-6,15H,4,7-13H2,(H,20,24)(H,21,26). The van der Waals surface area contributed by atoms with E-state index in [0.717, 1.165) is 37.3 Å². The van der Waals surface area contributed by atoms with E-state index in [2.05, 4.69) is 27.7 Å². The first-order valence-electron chi connectivity index (χ1n) is 9.25. The number of piperidine rings is 1. The highest BCUT2D eigenvalue weighted by Crippen LogP contribution is 2.29. The van der Waals surface area contributed by atoms with Gasteiger partial charge in [0.2, 0.25) is 5.91 Å². The predicted molar refractivity (Wildman–Crippen MR) is 95.1 cm³/mol. The highest BCUT2D eigenvalue weighted by molar-refractivity contribution is 6.09. The molecule has 1 aliphatic carbocycles. The van der Waals surface area contributed by atoms with Gasteiger partial charge in [0.15, 0.2) is 0 Å². The van der Waals surface area contributed by atoms with E-state index in [0.29, 0.717) is 13.0 Å². The van der Waals surface area contributed by atoms with Gasteiger partial charge < -0.3 is 10.6 Å². The second kappa shape index (κ2) is 6.72. The molecule has 1 aromatic rings. The molecule has 2 aliphatic heterocycles. The van der Waals surface area contributed by atoms with Gasteiger partial charge in [-0.3, -0.25) is 19.4 Å². The van der Waals surface area contributed by atoms with Gasteiger partial charge >= 0.3 is 6.03 Å². The summed E-state index contributed by atoms with van der Waals surface area (Å²) in [6.45, 7) is 1.92. The van der Waals surface area contributed by atoms with Crippen molar-refractivity contribution >= 4 is 17.8 Å². The van der Waals surface area contributed by atoms with Gasteiger partial charge in [0, 0.05) is 19.1 Å². The Labute approximate surface area is 152 Å². The Morgan fingerprint density at radius 1 is 1.23 bits per heavy atom. The number of nitrogens with one attached hydrogen (secondary N) is 2. The van der Waals surface area contributed by atoms with Crippen molar-refractivity contribution in [3.8, 4) is 0 Å². The van der Waals surface area contributed by atoms with E-state index in [1.54, 1.807) is 0 Å². The maximum atomic E-state index is 13.0. The fourth-order valence-corrected chi connectivity index (χ4v) is 3.86. The lowest BCUT2D eigenvalue weighted by Gasteiger charge is -2.38. The Bertz CT molecular complexity index is 719. The average Bonchev–Trinajstić information content (AvgIpc) is 3.40. The second-order valence-corrected chi connectivity index (χ2v) is 7.55. The van der Waals surface area contributed by atoms with Crippen LogP contribution < -0.4 is 10.6 Å². The first kappa shape index (κ1) is 17.0. The van der Waals surface area contributed by atoms with Crippen LogP contribution in [-0.2, 0) is 16.1 Å². The van der Waals surface area contributed by atoms with Crippen LogP contribution in [0.3, 0.4) is 0 Å². The third-order valence-electron chi connectivity index (χ3n) is 5.31. The van der Waals surface area contributed by atoms with Crippen LogP contribution in [-0.4, -0.2) is 58.9 Å². The Hall–Kier alpha value is -2.41. The number of carbonyl (C=O) groups is 3. The summed E-state index contributed by atoms with van der Waals surface area (Å²) in [5.74, 6) is -0.531. The number of hydrogen-bond acceptors (Lipinski definition) is 4. The van der Waals surface area contributed by atoms with Crippen molar-refractivity contribution in [2.24, 2.45) is 0 Å². The molecular weight excluding hydrogens is 332 g/mol. The summed E-state index contributed by atoms with van der Waals surface area (Å²) in [6.07, 6.45) is 3.40. The highest BCUT2D eigenvalue weighted by atomic mass is 16.2. The van der Waals surface area contributed by atoms with Crippen LogP contribution in [0.15, 0.2) is 30.3 Å². The molecule has 26 heavy (non-hydrogen) atoms. The van der Waals surface area contributed by atoms with Gasteiger partial charge in [-0.05, 0) is 37.8 Å². The number of nitrogens with zero attached hydrogens (tertiary/aromatic N) is 2. The molecule has 4 amide bonds. The zero-order valence-corrected chi connectivity index (χ0v) is 14.7. The SMILES string of the molecule is O=C(CN1C(=O)NC2(CCCN(Cc3ccccc3)C2)C1=O)NC1CC1. The normalized spacial score (nSPS) is 26.2. The molecule has 0 bridgehead atoms. The number of imide groups is 1. The van der Waals surface area contributed by atoms with Crippen molar-refractivity contribution < 1.29 is 14.4 Å². The first-order chi connectivity index (χ1) is 12.6. The van der Waals surface area contributed by atoms with E-state index in [4.69, 9.17) is 0 Å². The Balaban J connectivity index is 1.42. The van der Waals surface area contributed by atoms with Gasteiger partial charge in [-0.1, -0.05) is 30.3 Å². The Morgan fingerprint density at radius 3 is 2.73 bits per heavy atom. The Kier molecular flexibility index (Phi) is 4.40. The van der Waals surface area contributed by atoms with Gasteiger partial charge in [0.05, 0.1) is 0 Å². The van der Waals surface area contributed by atoms with E-state index < -0.39 is 11.6 Å². The number of rotatable bonds is 5. The zero-order chi connectivity index (χ0) is 18.1. The Morgan fingerprint density at radius 2 is 2.00 bits per heavy atom. The van der Waals surface area contributed by atoms with Crippen molar-refractivity contribution in [1.29, 1.82) is 0 Å². The molecule has 3 fully saturated rings. The third-order valence-corrected chi connectivity index (χ3v) is 5.31. The molecule has 2 N–H and O–H groups in total. The molecule has 1 saturated carbocycles. The topological polar surface area (TPSA) is 81.8 Å². The van der Waals surface area contributed by atoms with E-state index in [1.165, 1.54) is 5.56 Å². The van der Waals surface area contributed by atoms with Crippen molar-refractivity contribution in [1.82, 2.24) is 20.4 Å². The molecule has 7 heteroatoms. The smallest absolute Gasteiger partial charge is 0.325 e. The first-order valence-corrected chi connectivity index (χ1v) is 9.25. The summed E-state index contributed by atoms with van der Waals surface area (Å²) >= 11 is 0. The lowest BCUT2D eigenvalue weighted by molar-refractivity contribution is -0.136. The molecule has 0 aromatic heterocycles. The summed E-state index contributed by atoms with van der Waals surface area (Å²) in [4.78, 5) is 40.6. The molecule has 4 rings (SSSR count). The molecule has 2 saturated heterocycles. The summed E-state index contributed by atoms with van der Waals surface area (Å²) in [5, 5.41) is 5.71. The molecule has 7 nitrogen and oxygen atoms in total. The molecule has 0 radical (unpaired) electrons. The van der Waals surface area contributed by atoms with Crippen molar-refractivity contribution in [3.05, 3.63) is 35.9 Å². The van der Waals surface area contributed by atoms with Gasteiger partial charge in [-0.25, -0.2) is 4.79 Å². The summed E-state index contributed by atoms with van der Waals surface area (Å²) < 4.78 is 0. The fraction of sp³-hybridized carbons (Fsp3) is 0.526. The van der Waals surface area contributed by atoms with Crippen LogP contribution >= 0.6 is 0 Å². The molecule has 3 aliphatic rings. The third kappa shape index (κ3) is 3.44. The highest BCUT2D eigenvalue weighted by Gasteiger charge is 2.53. The number of urea groups is 1. The van der Waals surface area contributed by atoms with Crippen LogP contribution in [0.25, 0.3) is 0 Å². The minimum Gasteiger partial charge on any atom is -0.352 e. The number of hydrogen-bond donors (Lipinski definition) is 2. The van der Waals surface area contributed by atoms with Crippen LogP contribution in [0.1, 0.15) is 31.2 Å². The van der Waals surface area contributed by atoms with Gasteiger partial charge in [-0.2, -0.15) is 0 Å². The largest absolute Gasteiger partial charge is 0.352 e. The summed E-state index contributed by atoms with van der Waals surface area (Å²) in [7, 11) is 0. The molecular formula is C19H24N4O3. The van der Waals surface area contributed by atoms with Crippen molar-refractivity contribution in [3.63, 3.8) is 0 Å². The van der Waals surface area contributed by atoms with Crippen LogP contribution in [0.5, 0.6) is 0 Å². The predicted octanol–water partition coefficient (Wildman–Crippen LogP) is 0.852.